The summed E-state index contributed by atoms with van der Waals surface area (Å²) in [5, 5.41) is 0.961. The van der Waals surface area contributed by atoms with Crippen LogP contribution in [0, 0.1) is 0 Å². The zero-order valence-electron chi connectivity index (χ0n) is 9.87. The van der Waals surface area contributed by atoms with E-state index in [4.69, 9.17) is 34.7 Å². The maximum absolute atomic E-state index is 6.19. The molecule has 1 heterocycles. The lowest BCUT2D eigenvalue weighted by Crippen LogP contribution is -2.03. The molecule has 0 aliphatic rings. The molecule has 1 aromatic carbocycles. The molecule has 5 heteroatoms. The highest BCUT2D eigenvalue weighted by molar-refractivity contribution is 6.43. The number of aromatic nitrogens is 1. The summed E-state index contributed by atoms with van der Waals surface area (Å²) < 4.78 is 0. The predicted molar refractivity (Wildman–Crippen MR) is 77.9 cm³/mol. The third-order valence-corrected chi connectivity index (χ3v) is 3.61. The normalized spacial score (nSPS) is 10.6. The zero-order chi connectivity index (χ0) is 13.3. The Morgan fingerprint density at radius 2 is 1.83 bits per heavy atom. The van der Waals surface area contributed by atoms with Gasteiger partial charge in [-0.15, -0.1) is 0 Å². The van der Waals surface area contributed by atoms with Crippen LogP contribution in [0.4, 0.5) is 11.6 Å². The Balaban J connectivity index is 2.67. The van der Waals surface area contributed by atoms with Crippen LogP contribution >= 0.6 is 23.2 Å². The summed E-state index contributed by atoms with van der Waals surface area (Å²) >= 11 is 12.2. The quantitative estimate of drug-likeness (QED) is 0.880. The van der Waals surface area contributed by atoms with Crippen molar-refractivity contribution < 1.29 is 0 Å². The lowest BCUT2D eigenvalue weighted by Gasteiger charge is -2.11. The molecule has 2 aromatic rings. The van der Waals surface area contributed by atoms with Gasteiger partial charge in [-0.3, -0.25) is 0 Å². The van der Waals surface area contributed by atoms with Gasteiger partial charge in [0.2, 0.25) is 0 Å². The molecule has 0 spiro atoms. The Hall–Kier alpha value is -1.45. The predicted octanol–water partition coefficient (Wildman–Crippen LogP) is 3.78. The Morgan fingerprint density at radius 3 is 2.50 bits per heavy atom. The van der Waals surface area contributed by atoms with Crippen LogP contribution in [0.3, 0.4) is 0 Å². The first-order valence-electron chi connectivity index (χ1n) is 5.53. The number of hydrogen-bond donors (Lipinski definition) is 2. The van der Waals surface area contributed by atoms with Crippen LogP contribution in [0.15, 0.2) is 24.3 Å². The summed E-state index contributed by atoms with van der Waals surface area (Å²) in [6.45, 7) is 2.01. The SMILES string of the molecule is CCc1cc(-c2cccc(Cl)c2Cl)c(N)nc1N. The highest BCUT2D eigenvalue weighted by Gasteiger charge is 2.13. The molecule has 2 rings (SSSR count). The van der Waals surface area contributed by atoms with Crippen LogP contribution in [-0.2, 0) is 6.42 Å². The molecule has 94 valence electrons. The lowest BCUT2D eigenvalue weighted by atomic mass is 10.0. The molecule has 18 heavy (non-hydrogen) atoms. The molecule has 0 unspecified atom stereocenters. The summed E-state index contributed by atoms with van der Waals surface area (Å²) in [4.78, 5) is 4.15. The van der Waals surface area contributed by atoms with Gasteiger partial charge in [-0.25, -0.2) is 4.98 Å². The fourth-order valence-corrected chi connectivity index (χ4v) is 2.20. The van der Waals surface area contributed by atoms with Crippen molar-refractivity contribution in [3.05, 3.63) is 39.9 Å². The van der Waals surface area contributed by atoms with E-state index in [0.717, 1.165) is 23.1 Å². The molecule has 0 saturated carbocycles. The van der Waals surface area contributed by atoms with Gasteiger partial charge in [0, 0.05) is 11.1 Å². The highest BCUT2D eigenvalue weighted by atomic mass is 35.5. The smallest absolute Gasteiger partial charge is 0.133 e. The summed E-state index contributed by atoms with van der Waals surface area (Å²) in [5.74, 6) is 0.811. The van der Waals surface area contributed by atoms with Crippen molar-refractivity contribution in [3.63, 3.8) is 0 Å². The maximum Gasteiger partial charge on any atom is 0.133 e. The molecule has 0 saturated heterocycles. The van der Waals surface area contributed by atoms with Gasteiger partial charge in [-0.05, 0) is 24.1 Å². The van der Waals surface area contributed by atoms with Gasteiger partial charge in [0.1, 0.15) is 11.6 Å². The van der Waals surface area contributed by atoms with Crippen LogP contribution in [-0.4, -0.2) is 4.98 Å². The molecule has 0 radical (unpaired) electrons. The second kappa shape index (κ2) is 5.04. The number of anilines is 2. The van der Waals surface area contributed by atoms with Crippen molar-refractivity contribution in [2.24, 2.45) is 0 Å². The minimum atomic E-state index is 0.355. The Labute approximate surface area is 116 Å². The van der Waals surface area contributed by atoms with E-state index in [0.29, 0.717) is 21.7 Å². The average molecular weight is 282 g/mol. The van der Waals surface area contributed by atoms with Crippen molar-refractivity contribution in [2.75, 3.05) is 11.5 Å². The molecule has 4 N–H and O–H groups in total. The number of pyridine rings is 1. The molecule has 0 atom stereocenters. The average Bonchev–Trinajstić information content (AvgIpc) is 2.34. The van der Waals surface area contributed by atoms with Crippen LogP contribution in [0.1, 0.15) is 12.5 Å². The fraction of sp³-hybridized carbons (Fsp3) is 0.154. The van der Waals surface area contributed by atoms with Gasteiger partial charge in [0.15, 0.2) is 0 Å². The molecular formula is C13H13Cl2N3. The van der Waals surface area contributed by atoms with E-state index >= 15 is 0 Å². The third-order valence-electron chi connectivity index (χ3n) is 2.79. The first kappa shape index (κ1) is 13.0. The van der Waals surface area contributed by atoms with Crippen molar-refractivity contribution in [1.29, 1.82) is 0 Å². The Morgan fingerprint density at radius 1 is 1.11 bits per heavy atom. The van der Waals surface area contributed by atoms with Crippen LogP contribution in [0.25, 0.3) is 11.1 Å². The van der Waals surface area contributed by atoms with Crippen molar-refractivity contribution in [2.45, 2.75) is 13.3 Å². The van der Waals surface area contributed by atoms with Crippen LogP contribution in [0.5, 0.6) is 0 Å². The highest BCUT2D eigenvalue weighted by Crippen LogP contribution is 2.36. The monoisotopic (exact) mass is 281 g/mol. The molecule has 0 amide bonds. The topological polar surface area (TPSA) is 64.9 Å². The number of nitrogen functional groups attached to an aromatic ring is 2. The second-order valence-corrected chi connectivity index (χ2v) is 4.71. The van der Waals surface area contributed by atoms with Crippen molar-refractivity contribution >= 4 is 34.8 Å². The number of benzene rings is 1. The maximum atomic E-state index is 6.19. The number of aryl methyl sites for hydroxylation is 1. The Bertz CT molecular complexity index is 597. The molecule has 3 nitrogen and oxygen atoms in total. The molecule has 1 aromatic heterocycles. The largest absolute Gasteiger partial charge is 0.383 e. The standard InChI is InChI=1S/C13H13Cl2N3/c1-2-7-6-9(13(17)18-12(7)16)8-4-3-5-10(14)11(8)15/h3-6H,2H2,1H3,(H4,16,17,18). The first-order chi connectivity index (χ1) is 8.54. The number of halogens is 2. The van der Waals surface area contributed by atoms with E-state index in [9.17, 15) is 0 Å². The minimum absolute atomic E-state index is 0.355. The zero-order valence-corrected chi connectivity index (χ0v) is 11.4. The van der Waals surface area contributed by atoms with E-state index in [1.807, 2.05) is 25.1 Å². The number of nitrogens with two attached hydrogens (primary N) is 2. The molecule has 0 fully saturated rings. The fourth-order valence-electron chi connectivity index (χ4n) is 1.79. The Kier molecular flexibility index (Phi) is 3.64. The van der Waals surface area contributed by atoms with Gasteiger partial charge >= 0.3 is 0 Å². The van der Waals surface area contributed by atoms with Gasteiger partial charge in [-0.1, -0.05) is 42.3 Å². The van der Waals surface area contributed by atoms with Gasteiger partial charge in [-0.2, -0.15) is 0 Å². The van der Waals surface area contributed by atoms with Crippen molar-refractivity contribution in [1.82, 2.24) is 4.98 Å². The van der Waals surface area contributed by atoms with E-state index in [1.165, 1.54) is 0 Å². The molecule has 0 aliphatic carbocycles. The first-order valence-corrected chi connectivity index (χ1v) is 6.29. The van der Waals surface area contributed by atoms with Crippen LogP contribution in [0.2, 0.25) is 10.0 Å². The molecule has 0 aliphatic heterocycles. The summed E-state index contributed by atoms with van der Waals surface area (Å²) in [6.07, 6.45) is 0.782. The van der Waals surface area contributed by atoms with E-state index in [-0.39, 0.29) is 0 Å². The summed E-state index contributed by atoms with van der Waals surface area (Å²) in [7, 11) is 0. The minimum Gasteiger partial charge on any atom is -0.383 e. The second-order valence-electron chi connectivity index (χ2n) is 3.92. The number of hydrogen-bond acceptors (Lipinski definition) is 3. The number of nitrogens with zero attached hydrogens (tertiary/aromatic N) is 1. The van der Waals surface area contributed by atoms with Crippen molar-refractivity contribution in [3.8, 4) is 11.1 Å². The lowest BCUT2D eigenvalue weighted by molar-refractivity contribution is 1.12. The number of rotatable bonds is 2. The van der Waals surface area contributed by atoms with Gasteiger partial charge in [0.05, 0.1) is 10.0 Å². The molecule has 0 bridgehead atoms. The summed E-state index contributed by atoms with van der Waals surface area (Å²) in [5.41, 5.74) is 14.2. The van der Waals surface area contributed by atoms with Gasteiger partial charge < -0.3 is 11.5 Å². The van der Waals surface area contributed by atoms with E-state index in [2.05, 4.69) is 4.98 Å². The molecular weight excluding hydrogens is 269 g/mol. The third kappa shape index (κ3) is 2.24. The van der Waals surface area contributed by atoms with Gasteiger partial charge in [0.25, 0.3) is 0 Å². The van der Waals surface area contributed by atoms with E-state index in [1.54, 1.807) is 6.07 Å². The van der Waals surface area contributed by atoms with Crippen LogP contribution < -0.4 is 11.5 Å². The van der Waals surface area contributed by atoms with E-state index < -0.39 is 0 Å². The summed E-state index contributed by atoms with van der Waals surface area (Å²) in [6, 6.07) is 7.33.